The molecule has 1 aromatic carbocycles. The van der Waals surface area contributed by atoms with E-state index in [1.807, 2.05) is 32.0 Å². The van der Waals surface area contributed by atoms with Gasteiger partial charge >= 0.3 is 0 Å². The standard InChI is InChI=1S/C11H11ClN2S/c1-6(7(2)13)11-14-9-5-3-4-8(12)10(9)15-11/h3-5H,13H2,1-2H3/b7-6+. The van der Waals surface area contributed by atoms with Crippen molar-refractivity contribution in [2.24, 2.45) is 5.73 Å². The summed E-state index contributed by atoms with van der Waals surface area (Å²) in [7, 11) is 0. The number of allylic oxidation sites excluding steroid dienone is 2. The number of aromatic nitrogens is 1. The van der Waals surface area contributed by atoms with Gasteiger partial charge in [-0.2, -0.15) is 0 Å². The molecule has 15 heavy (non-hydrogen) atoms. The van der Waals surface area contributed by atoms with E-state index in [2.05, 4.69) is 4.98 Å². The zero-order valence-electron chi connectivity index (χ0n) is 8.54. The van der Waals surface area contributed by atoms with Gasteiger partial charge in [0.1, 0.15) is 5.01 Å². The lowest BCUT2D eigenvalue weighted by Crippen LogP contribution is -1.94. The van der Waals surface area contributed by atoms with E-state index in [1.165, 1.54) is 0 Å². The molecule has 0 saturated carbocycles. The highest BCUT2D eigenvalue weighted by Gasteiger charge is 2.08. The van der Waals surface area contributed by atoms with Crippen LogP contribution in [-0.4, -0.2) is 4.98 Å². The summed E-state index contributed by atoms with van der Waals surface area (Å²) in [6.45, 7) is 3.85. The second-order valence-corrected chi connectivity index (χ2v) is 4.82. The Morgan fingerprint density at radius 2 is 2.13 bits per heavy atom. The number of benzene rings is 1. The van der Waals surface area contributed by atoms with Gasteiger partial charge in [0.2, 0.25) is 0 Å². The first kappa shape index (κ1) is 10.5. The molecular formula is C11H11ClN2S. The second-order valence-electron chi connectivity index (χ2n) is 3.42. The average Bonchev–Trinajstić information content (AvgIpc) is 2.61. The van der Waals surface area contributed by atoms with Crippen LogP contribution >= 0.6 is 22.9 Å². The van der Waals surface area contributed by atoms with Crippen LogP contribution in [0.1, 0.15) is 18.9 Å². The normalized spacial score (nSPS) is 13.0. The summed E-state index contributed by atoms with van der Waals surface area (Å²) < 4.78 is 1.02. The van der Waals surface area contributed by atoms with E-state index in [0.717, 1.165) is 31.5 Å². The molecule has 2 nitrogen and oxygen atoms in total. The summed E-state index contributed by atoms with van der Waals surface area (Å²) in [4.78, 5) is 4.49. The first-order valence-electron chi connectivity index (χ1n) is 4.58. The lowest BCUT2D eigenvalue weighted by Gasteiger charge is -1.96. The SMILES string of the molecule is C/C(N)=C(/C)c1nc2cccc(Cl)c2s1. The summed E-state index contributed by atoms with van der Waals surface area (Å²) in [5.41, 5.74) is 8.49. The number of fused-ring (bicyclic) bond motifs is 1. The minimum absolute atomic E-state index is 0.749. The van der Waals surface area contributed by atoms with Gasteiger partial charge in [-0.05, 0) is 26.0 Å². The fourth-order valence-electron chi connectivity index (χ4n) is 1.24. The Balaban J connectivity index is 2.67. The lowest BCUT2D eigenvalue weighted by atomic mass is 10.2. The minimum atomic E-state index is 0.749. The molecule has 4 heteroatoms. The van der Waals surface area contributed by atoms with E-state index in [0.29, 0.717) is 0 Å². The minimum Gasteiger partial charge on any atom is -0.402 e. The number of halogens is 1. The Morgan fingerprint density at radius 1 is 1.40 bits per heavy atom. The Morgan fingerprint density at radius 3 is 2.73 bits per heavy atom. The molecule has 0 amide bonds. The highest BCUT2D eigenvalue weighted by atomic mass is 35.5. The third-order valence-corrected chi connectivity index (χ3v) is 3.93. The molecule has 0 aliphatic rings. The Labute approximate surface area is 97.4 Å². The predicted molar refractivity (Wildman–Crippen MR) is 67.1 cm³/mol. The fraction of sp³-hybridized carbons (Fsp3) is 0.182. The van der Waals surface area contributed by atoms with Gasteiger partial charge in [-0.15, -0.1) is 11.3 Å². The van der Waals surface area contributed by atoms with Crippen LogP contribution in [0.2, 0.25) is 5.02 Å². The molecule has 2 aromatic rings. The van der Waals surface area contributed by atoms with Crippen molar-refractivity contribution in [3.63, 3.8) is 0 Å². The van der Waals surface area contributed by atoms with Crippen LogP contribution in [0.15, 0.2) is 23.9 Å². The Kier molecular flexibility index (Phi) is 2.67. The zero-order valence-corrected chi connectivity index (χ0v) is 10.1. The van der Waals surface area contributed by atoms with Crippen molar-refractivity contribution in [3.05, 3.63) is 33.9 Å². The maximum absolute atomic E-state index is 6.08. The molecule has 0 saturated heterocycles. The monoisotopic (exact) mass is 238 g/mol. The summed E-state index contributed by atoms with van der Waals surface area (Å²) in [5.74, 6) is 0. The molecule has 0 bridgehead atoms. The first-order valence-corrected chi connectivity index (χ1v) is 5.77. The third kappa shape index (κ3) is 1.85. The van der Waals surface area contributed by atoms with Crippen LogP contribution in [-0.2, 0) is 0 Å². The van der Waals surface area contributed by atoms with Crippen molar-refractivity contribution in [1.29, 1.82) is 0 Å². The van der Waals surface area contributed by atoms with E-state index in [4.69, 9.17) is 17.3 Å². The average molecular weight is 239 g/mol. The molecule has 0 fully saturated rings. The van der Waals surface area contributed by atoms with Crippen molar-refractivity contribution in [2.75, 3.05) is 0 Å². The highest BCUT2D eigenvalue weighted by molar-refractivity contribution is 7.20. The van der Waals surface area contributed by atoms with E-state index < -0.39 is 0 Å². The van der Waals surface area contributed by atoms with Gasteiger partial charge in [-0.25, -0.2) is 4.98 Å². The summed E-state index contributed by atoms with van der Waals surface area (Å²) in [5, 5.41) is 1.69. The van der Waals surface area contributed by atoms with Gasteiger partial charge in [0.25, 0.3) is 0 Å². The Hall–Kier alpha value is -1.06. The second kappa shape index (κ2) is 3.83. The van der Waals surface area contributed by atoms with E-state index in [1.54, 1.807) is 11.3 Å². The molecule has 0 radical (unpaired) electrons. The van der Waals surface area contributed by atoms with E-state index in [-0.39, 0.29) is 0 Å². The lowest BCUT2D eigenvalue weighted by molar-refractivity contribution is 1.28. The fourth-order valence-corrected chi connectivity index (χ4v) is 2.57. The van der Waals surface area contributed by atoms with Crippen molar-refractivity contribution < 1.29 is 0 Å². The van der Waals surface area contributed by atoms with Gasteiger partial charge in [0.05, 0.1) is 15.2 Å². The van der Waals surface area contributed by atoms with Gasteiger partial charge in [-0.3, -0.25) is 0 Å². The Bertz CT molecular complexity index is 539. The molecule has 1 aromatic heterocycles. The van der Waals surface area contributed by atoms with Crippen LogP contribution in [0.5, 0.6) is 0 Å². The molecule has 0 unspecified atom stereocenters. The molecule has 2 rings (SSSR count). The van der Waals surface area contributed by atoms with Crippen LogP contribution < -0.4 is 5.73 Å². The van der Waals surface area contributed by atoms with Crippen LogP contribution in [0.3, 0.4) is 0 Å². The van der Waals surface area contributed by atoms with Crippen molar-refractivity contribution in [1.82, 2.24) is 4.98 Å². The maximum atomic E-state index is 6.08. The predicted octanol–water partition coefficient (Wildman–Crippen LogP) is 3.66. The van der Waals surface area contributed by atoms with Gasteiger partial charge in [-0.1, -0.05) is 17.7 Å². The van der Waals surface area contributed by atoms with Crippen molar-refractivity contribution in [2.45, 2.75) is 13.8 Å². The smallest absolute Gasteiger partial charge is 0.122 e. The topological polar surface area (TPSA) is 38.9 Å². The molecule has 0 atom stereocenters. The number of hydrogen-bond donors (Lipinski definition) is 1. The molecule has 0 aliphatic heterocycles. The zero-order chi connectivity index (χ0) is 11.0. The molecular weight excluding hydrogens is 228 g/mol. The van der Waals surface area contributed by atoms with Crippen LogP contribution in [0.25, 0.3) is 15.8 Å². The van der Waals surface area contributed by atoms with Gasteiger partial charge < -0.3 is 5.73 Å². The largest absolute Gasteiger partial charge is 0.402 e. The molecule has 2 N–H and O–H groups in total. The molecule has 0 spiro atoms. The maximum Gasteiger partial charge on any atom is 0.122 e. The van der Waals surface area contributed by atoms with E-state index >= 15 is 0 Å². The summed E-state index contributed by atoms with van der Waals surface area (Å²) >= 11 is 7.66. The van der Waals surface area contributed by atoms with Crippen LogP contribution in [0, 0.1) is 0 Å². The summed E-state index contributed by atoms with van der Waals surface area (Å²) in [6, 6.07) is 5.74. The summed E-state index contributed by atoms with van der Waals surface area (Å²) in [6.07, 6.45) is 0. The van der Waals surface area contributed by atoms with E-state index in [9.17, 15) is 0 Å². The van der Waals surface area contributed by atoms with Gasteiger partial charge in [0, 0.05) is 11.3 Å². The first-order chi connectivity index (χ1) is 7.09. The number of thiazole rings is 1. The number of nitrogens with two attached hydrogens (primary N) is 1. The van der Waals surface area contributed by atoms with Gasteiger partial charge in [0.15, 0.2) is 0 Å². The highest BCUT2D eigenvalue weighted by Crippen LogP contribution is 2.32. The molecule has 1 heterocycles. The quantitative estimate of drug-likeness (QED) is 0.824. The van der Waals surface area contributed by atoms with Crippen LogP contribution in [0.4, 0.5) is 0 Å². The number of nitrogens with zero attached hydrogens (tertiary/aromatic N) is 1. The van der Waals surface area contributed by atoms with Crippen molar-refractivity contribution in [3.8, 4) is 0 Å². The number of hydrogen-bond acceptors (Lipinski definition) is 3. The van der Waals surface area contributed by atoms with Crippen molar-refractivity contribution >= 4 is 38.7 Å². The molecule has 0 aliphatic carbocycles. The molecule has 78 valence electrons. The third-order valence-electron chi connectivity index (χ3n) is 2.28. The number of rotatable bonds is 1.